The molecular formula is C20H21ClFN3O5S. The molecule has 0 aliphatic carbocycles. The highest BCUT2D eigenvalue weighted by atomic mass is 35.5. The van der Waals surface area contributed by atoms with Crippen molar-refractivity contribution in [3.8, 4) is 0 Å². The van der Waals surface area contributed by atoms with E-state index in [9.17, 15) is 22.4 Å². The van der Waals surface area contributed by atoms with E-state index in [2.05, 4.69) is 10.0 Å². The molecule has 31 heavy (non-hydrogen) atoms. The normalized spacial score (nSPS) is 15.3. The van der Waals surface area contributed by atoms with Gasteiger partial charge in [-0.3, -0.25) is 14.3 Å². The minimum absolute atomic E-state index is 0.195. The fraction of sp³-hybridized carbons (Fsp3) is 0.300. The van der Waals surface area contributed by atoms with Crippen LogP contribution < -0.4 is 10.0 Å². The number of hydrogen-bond donors (Lipinski definition) is 2. The summed E-state index contributed by atoms with van der Waals surface area (Å²) in [6.07, 6.45) is 0. The van der Waals surface area contributed by atoms with E-state index in [4.69, 9.17) is 16.3 Å². The maximum Gasteiger partial charge on any atom is 0.261 e. The molecule has 0 aromatic heterocycles. The standard InChI is InChI=1S/C20H21ClFN3O5S/c1-13(20(27)25-8-10-30-11-9-25)23-19(26)14-2-4-15(5-3-14)24-31(28,29)16-6-7-18(22)17(21)12-16/h2-7,12-13,24H,8-11H2,1H3,(H,23,26). The van der Waals surface area contributed by atoms with Gasteiger partial charge in [0.05, 0.1) is 23.1 Å². The number of carbonyl (C=O) groups is 2. The highest BCUT2D eigenvalue weighted by Crippen LogP contribution is 2.22. The molecule has 2 N–H and O–H groups in total. The summed E-state index contributed by atoms with van der Waals surface area (Å²) < 4.78 is 45.7. The maximum absolute atomic E-state index is 13.3. The Morgan fingerprint density at radius 1 is 1.13 bits per heavy atom. The number of benzene rings is 2. The van der Waals surface area contributed by atoms with Crippen molar-refractivity contribution in [2.45, 2.75) is 17.9 Å². The number of morpholine rings is 1. The highest BCUT2D eigenvalue weighted by molar-refractivity contribution is 7.92. The Labute approximate surface area is 184 Å². The van der Waals surface area contributed by atoms with Crippen LogP contribution in [-0.4, -0.2) is 57.5 Å². The van der Waals surface area contributed by atoms with Crippen LogP contribution in [0.1, 0.15) is 17.3 Å². The third-order valence-corrected chi connectivity index (χ3v) is 6.31. The first kappa shape index (κ1) is 23.0. The zero-order valence-electron chi connectivity index (χ0n) is 16.6. The van der Waals surface area contributed by atoms with E-state index in [0.29, 0.717) is 26.3 Å². The van der Waals surface area contributed by atoms with Gasteiger partial charge in [-0.2, -0.15) is 0 Å². The van der Waals surface area contributed by atoms with Crippen LogP contribution in [0.25, 0.3) is 0 Å². The predicted octanol–water partition coefficient (Wildman–Crippen LogP) is 2.26. The number of rotatable bonds is 6. The zero-order valence-corrected chi connectivity index (χ0v) is 18.2. The molecule has 1 saturated heterocycles. The van der Waals surface area contributed by atoms with Gasteiger partial charge in [0.2, 0.25) is 5.91 Å². The fourth-order valence-electron chi connectivity index (χ4n) is 2.95. The molecule has 11 heteroatoms. The smallest absolute Gasteiger partial charge is 0.261 e. The second-order valence-electron chi connectivity index (χ2n) is 6.89. The largest absolute Gasteiger partial charge is 0.378 e. The van der Waals surface area contributed by atoms with Gasteiger partial charge in [0, 0.05) is 24.3 Å². The molecule has 1 unspecified atom stereocenters. The molecule has 166 valence electrons. The fourth-order valence-corrected chi connectivity index (χ4v) is 4.28. The van der Waals surface area contributed by atoms with E-state index in [-0.39, 0.29) is 27.1 Å². The number of anilines is 1. The number of amides is 2. The van der Waals surface area contributed by atoms with Crippen LogP contribution in [0.15, 0.2) is 47.4 Å². The van der Waals surface area contributed by atoms with Crippen molar-refractivity contribution in [2.24, 2.45) is 0 Å². The first-order valence-electron chi connectivity index (χ1n) is 9.43. The second-order valence-corrected chi connectivity index (χ2v) is 8.98. The van der Waals surface area contributed by atoms with Crippen molar-refractivity contribution in [1.82, 2.24) is 10.2 Å². The minimum Gasteiger partial charge on any atom is -0.378 e. The Balaban J connectivity index is 1.63. The van der Waals surface area contributed by atoms with Crippen LogP contribution in [-0.2, 0) is 19.6 Å². The van der Waals surface area contributed by atoms with E-state index < -0.39 is 27.8 Å². The van der Waals surface area contributed by atoms with Gasteiger partial charge in [-0.05, 0) is 49.4 Å². The Bertz CT molecular complexity index is 1070. The number of halogens is 2. The SMILES string of the molecule is CC(NC(=O)c1ccc(NS(=O)(=O)c2ccc(F)c(Cl)c2)cc1)C(=O)N1CCOCC1. The summed E-state index contributed by atoms with van der Waals surface area (Å²) in [6, 6.07) is 8.02. The Hall–Kier alpha value is -2.69. The van der Waals surface area contributed by atoms with Gasteiger partial charge in [0.25, 0.3) is 15.9 Å². The average molecular weight is 470 g/mol. The molecule has 2 amide bonds. The van der Waals surface area contributed by atoms with E-state index in [1.165, 1.54) is 24.3 Å². The maximum atomic E-state index is 13.3. The van der Waals surface area contributed by atoms with Crippen molar-refractivity contribution < 1.29 is 27.1 Å². The molecule has 2 aromatic carbocycles. The third kappa shape index (κ3) is 5.72. The summed E-state index contributed by atoms with van der Waals surface area (Å²) in [4.78, 5) is 26.3. The molecule has 0 radical (unpaired) electrons. The van der Waals surface area contributed by atoms with Gasteiger partial charge in [0.15, 0.2) is 0 Å². The molecule has 0 spiro atoms. The first-order valence-corrected chi connectivity index (χ1v) is 11.3. The summed E-state index contributed by atoms with van der Waals surface area (Å²) in [5.41, 5.74) is 0.462. The number of nitrogens with one attached hydrogen (secondary N) is 2. The molecule has 8 nitrogen and oxygen atoms in total. The van der Waals surface area contributed by atoms with Crippen LogP contribution in [0, 0.1) is 5.82 Å². The van der Waals surface area contributed by atoms with E-state index >= 15 is 0 Å². The second kappa shape index (κ2) is 9.63. The zero-order chi connectivity index (χ0) is 22.6. The van der Waals surface area contributed by atoms with Gasteiger partial charge in [-0.15, -0.1) is 0 Å². The molecule has 1 aliphatic rings. The van der Waals surface area contributed by atoms with E-state index in [1.54, 1.807) is 11.8 Å². The lowest BCUT2D eigenvalue weighted by Gasteiger charge is -2.29. The molecule has 1 aliphatic heterocycles. The molecule has 1 atom stereocenters. The molecule has 0 bridgehead atoms. The molecule has 1 heterocycles. The molecule has 0 saturated carbocycles. The van der Waals surface area contributed by atoms with Gasteiger partial charge in [-0.25, -0.2) is 12.8 Å². The van der Waals surface area contributed by atoms with Gasteiger partial charge in [0.1, 0.15) is 11.9 Å². The molecular weight excluding hydrogens is 449 g/mol. The average Bonchev–Trinajstić information content (AvgIpc) is 2.75. The predicted molar refractivity (Wildman–Crippen MR) is 113 cm³/mol. The van der Waals surface area contributed by atoms with Crippen molar-refractivity contribution in [3.63, 3.8) is 0 Å². The lowest BCUT2D eigenvalue weighted by molar-refractivity contribution is -0.136. The number of ether oxygens (including phenoxy) is 1. The number of carbonyl (C=O) groups excluding carboxylic acids is 2. The van der Waals surface area contributed by atoms with Gasteiger partial charge < -0.3 is 15.0 Å². The van der Waals surface area contributed by atoms with Crippen molar-refractivity contribution in [1.29, 1.82) is 0 Å². The summed E-state index contributed by atoms with van der Waals surface area (Å²) in [7, 11) is -3.99. The van der Waals surface area contributed by atoms with Crippen LogP contribution in [0.4, 0.5) is 10.1 Å². The van der Waals surface area contributed by atoms with Crippen LogP contribution in [0.2, 0.25) is 5.02 Å². The summed E-state index contributed by atoms with van der Waals surface area (Å²) in [5.74, 6) is -1.38. The number of nitrogens with zero attached hydrogens (tertiary/aromatic N) is 1. The van der Waals surface area contributed by atoms with Gasteiger partial charge in [-0.1, -0.05) is 11.6 Å². The topological polar surface area (TPSA) is 105 Å². The van der Waals surface area contributed by atoms with Crippen molar-refractivity contribution in [2.75, 3.05) is 31.0 Å². The van der Waals surface area contributed by atoms with Crippen LogP contribution in [0.5, 0.6) is 0 Å². The Kier molecular flexibility index (Phi) is 7.14. The quantitative estimate of drug-likeness (QED) is 0.675. The highest BCUT2D eigenvalue weighted by Gasteiger charge is 2.24. The molecule has 3 rings (SSSR count). The lowest BCUT2D eigenvalue weighted by Crippen LogP contribution is -2.50. The first-order chi connectivity index (χ1) is 14.7. The molecule has 2 aromatic rings. The Morgan fingerprint density at radius 2 is 1.77 bits per heavy atom. The van der Waals surface area contributed by atoms with E-state index in [1.807, 2.05) is 0 Å². The number of sulfonamides is 1. The monoisotopic (exact) mass is 469 g/mol. The summed E-state index contributed by atoms with van der Waals surface area (Å²) in [6.45, 7) is 3.49. The number of hydrogen-bond acceptors (Lipinski definition) is 5. The third-order valence-electron chi connectivity index (χ3n) is 4.64. The van der Waals surface area contributed by atoms with Crippen LogP contribution >= 0.6 is 11.6 Å². The molecule has 1 fully saturated rings. The Morgan fingerprint density at radius 3 is 2.39 bits per heavy atom. The summed E-state index contributed by atoms with van der Waals surface area (Å²) in [5, 5.41) is 2.33. The summed E-state index contributed by atoms with van der Waals surface area (Å²) >= 11 is 5.65. The minimum atomic E-state index is -3.99. The van der Waals surface area contributed by atoms with Crippen molar-refractivity contribution in [3.05, 3.63) is 58.9 Å². The lowest BCUT2D eigenvalue weighted by atomic mass is 10.1. The van der Waals surface area contributed by atoms with Crippen LogP contribution in [0.3, 0.4) is 0 Å². The van der Waals surface area contributed by atoms with Gasteiger partial charge >= 0.3 is 0 Å². The van der Waals surface area contributed by atoms with Crippen molar-refractivity contribution >= 4 is 39.1 Å². The van der Waals surface area contributed by atoms with E-state index in [0.717, 1.165) is 18.2 Å².